The van der Waals surface area contributed by atoms with Crippen molar-refractivity contribution in [2.45, 2.75) is 4.90 Å². The summed E-state index contributed by atoms with van der Waals surface area (Å²) in [5.74, 6) is 0. The van der Waals surface area contributed by atoms with Gasteiger partial charge in [0.1, 0.15) is 4.90 Å². The molecule has 6 heteroatoms. The lowest BCUT2D eigenvalue weighted by atomic mass is 10.3. The Hall–Kier alpha value is -1.27. The fraction of sp³-hybridized carbons (Fsp3) is 0.250. The van der Waals surface area contributed by atoms with Gasteiger partial charge in [-0.2, -0.15) is 0 Å². The summed E-state index contributed by atoms with van der Waals surface area (Å²) in [6, 6.07) is 4.55. The molecule has 14 heavy (non-hydrogen) atoms. The highest BCUT2D eigenvalue weighted by Crippen LogP contribution is 2.25. The number of nitrogens with two attached hydrogens (primary N) is 2. The summed E-state index contributed by atoms with van der Waals surface area (Å²) < 4.78 is 24.5. The monoisotopic (exact) mass is 215 g/mol. The molecule has 1 rings (SSSR count). The van der Waals surface area contributed by atoms with Crippen LogP contribution in [0.1, 0.15) is 0 Å². The van der Waals surface area contributed by atoms with Crippen LogP contribution in [-0.4, -0.2) is 26.8 Å². The third-order valence-corrected chi connectivity index (χ3v) is 3.73. The lowest BCUT2D eigenvalue weighted by Crippen LogP contribution is -2.23. The van der Waals surface area contributed by atoms with E-state index in [-0.39, 0.29) is 16.3 Å². The predicted molar refractivity (Wildman–Crippen MR) is 56.1 cm³/mol. The van der Waals surface area contributed by atoms with Gasteiger partial charge in [-0.25, -0.2) is 12.7 Å². The zero-order valence-corrected chi connectivity index (χ0v) is 8.88. The van der Waals surface area contributed by atoms with Crippen LogP contribution in [0, 0.1) is 0 Å². The Morgan fingerprint density at radius 3 is 2.29 bits per heavy atom. The number of nitrogen functional groups attached to an aromatic ring is 2. The molecule has 0 aliphatic carbocycles. The van der Waals surface area contributed by atoms with Crippen LogP contribution in [0.15, 0.2) is 23.1 Å². The lowest BCUT2D eigenvalue weighted by Gasteiger charge is -2.13. The number of benzene rings is 1. The van der Waals surface area contributed by atoms with Gasteiger partial charge in [-0.15, -0.1) is 0 Å². The lowest BCUT2D eigenvalue weighted by molar-refractivity contribution is 0.521. The van der Waals surface area contributed by atoms with Crippen molar-refractivity contribution < 1.29 is 8.42 Å². The van der Waals surface area contributed by atoms with E-state index in [2.05, 4.69) is 0 Å². The quantitative estimate of drug-likeness (QED) is 0.685. The van der Waals surface area contributed by atoms with Crippen LogP contribution in [0.25, 0.3) is 0 Å². The second kappa shape index (κ2) is 3.47. The molecule has 0 spiro atoms. The van der Waals surface area contributed by atoms with Crippen molar-refractivity contribution in [2.24, 2.45) is 0 Å². The Morgan fingerprint density at radius 2 is 1.79 bits per heavy atom. The highest BCUT2D eigenvalue weighted by molar-refractivity contribution is 7.89. The molecule has 5 nitrogen and oxygen atoms in total. The molecule has 0 fully saturated rings. The van der Waals surface area contributed by atoms with Crippen LogP contribution in [0.5, 0.6) is 0 Å². The summed E-state index contributed by atoms with van der Waals surface area (Å²) in [7, 11) is -0.617. The average Bonchev–Trinajstić information content (AvgIpc) is 2.09. The maximum absolute atomic E-state index is 11.7. The molecule has 0 radical (unpaired) electrons. The van der Waals surface area contributed by atoms with Crippen molar-refractivity contribution in [1.82, 2.24) is 4.31 Å². The number of rotatable bonds is 2. The zero-order chi connectivity index (χ0) is 10.9. The Morgan fingerprint density at radius 1 is 1.21 bits per heavy atom. The molecule has 0 atom stereocenters. The summed E-state index contributed by atoms with van der Waals surface area (Å²) in [5, 5.41) is 0. The van der Waals surface area contributed by atoms with Crippen molar-refractivity contribution in [3.05, 3.63) is 18.2 Å². The summed E-state index contributed by atoms with van der Waals surface area (Å²) in [6.07, 6.45) is 0. The van der Waals surface area contributed by atoms with Crippen LogP contribution in [0.4, 0.5) is 11.4 Å². The van der Waals surface area contributed by atoms with Crippen LogP contribution in [0.3, 0.4) is 0 Å². The van der Waals surface area contributed by atoms with Gasteiger partial charge >= 0.3 is 0 Å². The minimum absolute atomic E-state index is 0.0440. The molecular weight excluding hydrogens is 202 g/mol. The second-order valence-corrected chi connectivity index (χ2v) is 5.17. The molecule has 0 saturated carbocycles. The van der Waals surface area contributed by atoms with Gasteiger partial charge in [0.05, 0.1) is 11.4 Å². The molecule has 4 N–H and O–H groups in total. The highest BCUT2D eigenvalue weighted by atomic mass is 32.2. The van der Waals surface area contributed by atoms with E-state index in [1.165, 1.54) is 20.2 Å². The summed E-state index contributed by atoms with van der Waals surface area (Å²) in [6.45, 7) is 0. The summed E-state index contributed by atoms with van der Waals surface area (Å²) >= 11 is 0. The van der Waals surface area contributed by atoms with Gasteiger partial charge in [0.25, 0.3) is 0 Å². The molecule has 0 aliphatic rings. The number of sulfonamides is 1. The Bertz CT molecular complexity index is 440. The van der Waals surface area contributed by atoms with Gasteiger partial charge in [-0.3, -0.25) is 0 Å². The van der Waals surface area contributed by atoms with Gasteiger partial charge in [-0.05, 0) is 12.1 Å². The van der Waals surface area contributed by atoms with E-state index in [1.54, 1.807) is 12.1 Å². The minimum Gasteiger partial charge on any atom is -0.397 e. The molecule has 1 aromatic rings. The fourth-order valence-corrected chi connectivity index (χ4v) is 2.02. The van der Waals surface area contributed by atoms with Crippen molar-refractivity contribution in [1.29, 1.82) is 0 Å². The molecule has 0 aromatic heterocycles. The van der Waals surface area contributed by atoms with E-state index < -0.39 is 10.0 Å². The molecule has 0 saturated heterocycles. The van der Waals surface area contributed by atoms with Crippen LogP contribution in [-0.2, 0) is 10.0 Å². The first-order valence-corrected chi connectivity index (χ1v) is 5.38. The van der Waals surface area contributed by atoms with Crippen molar-refractivity contribution in [2.75, 3.05) is 25.6 Å². The molecule has 0 unspecified atom stereocenters. The maximum Gasteiger partial charge on any atom is 0.244 e. The third-order valence-electron chi connectivity index (χ3n) is 1.86. The van der Waals surface area contributed by atoms with E-state index in [9.17, 15) is 8.42 Å². The van der Waals surface area contributed by atoms with Gasteiger partial charge in [0.15, 0.2) is 0 Å². The van der Waals surface area contributed by atoms with Crippen molar-refractivity contribution in [3.8, 4) is 0 Å². The van der Waals surface area contributed by atoms with E-state index in [0.29, 0.717) is 0 Å². The molecule has 0 aliphatic heterocycles. The first-order valence-electron chi connectivity index (χ1n) is 3.94. The van der Waals surface area contributed by atoms with Crippen LogP contribution in [0.2, 0.25) is 0 Å². The van der Waals surface area contributed by atoms with Crippen LogP contribution >= 0.6 is 0 Å². The van der Waals surface area contributed by atoms with Crippen LogP contribution < -0.4 is 11.5 Å². The summed E-state index contributed by atoms with van der Waals surface area (Å²) in [5.41, 5.74) is 11.5. The molecule has 0 amide bonds. The Balaban J connectivity index is 3.42. The summed E-state index contributed by atoms with van der Waals surface area (Å²) in [4.78, 5) is 0.0440. The molecule has 0 heterocycles. The minimum atomic E-state index is -3.50. The highest BCUT2D eigenvalue weighted by Gasteiger charge is 2.20. The normalized spacial score (nSPS) is 11.9. The SMILES string of the molecule is CN(C)S(=O)(=O)c1cccc(N)c1N. The number of hydrogen-bond acceptors (Lipinski definition) is 4. The molecule has 78 valence electrons. The standard InChI is InChI=1S/C8H13N3O2S/c1-11(2)14(12,13)7-5-3-4-6(9)8(7)10/h3-5H,9-10H2,1-2H3. The van der Waals surface area contributed by atoms with Gasteiger partial charge < -0.3 is 11.5 Å². The predicted octanol–water partition coefficient (Wildman–Crippen LogP) is 0.101. The maximum atomic E-state index is 11.7. The largest absolute Gasteiger partial charge is 0.397 e. The molecule has 0 bridgehead atoms. The molecule has 1 aromatic carbocycles. The van der Waals surface area contributed by atoms with E-state index in [4.69, 9.17) is 11.5 Å². The van der Waals surface area contributed by atoms with E-state index in [0.717, 1.165) is 4.31 Å². The van der Waals surface area contributed by atoms with Gasteiger partial charge in [0.2, 0.25) is 10.0 Å². The number of anilines is 2. The van der Waals surface area contributed by atoms with Crippen molar-refractivity contribution >= 4 is 21.4 Å². The first-order chi connectivity index (χ1) is 6.37. The van der Waals surface area contributed by atoms with Gasteiger partial charge in [-0.1, -0.05) is 6.07 Å². The third kappa shape index (κ3) is 1.66. The Kier molecular flexibility index (Phi) is 2.68. The smallest absolute Gasteiger partial charge is 0.244 e. The second-order valence-electron chi connectivity index (χ2n) is 3.05. The van der Waals surface area contributed by atoms with E-state index >= 15 is 0 Å². The van der Waals surface area contributed by atoms with E-state index in [1.807, 2.05) is 0 Å². The topological polar surface area (TPSA) is 89.4 Å². The Labute approximate surface area is 83.4 Å². The van der Waals surface area contributed by atoms with Gasteiger partial charge in [0, 0.05) is 14.1 Å². The number of para-hydroxylation sites is 1. The van der Waals surface area contributed by atoms with Crippen molar-refractivity contribution in [3.63, 3.8) is 0 Å². The fourth-order valence-electron chi connectivity index (χ4n) is 0.983. The number of hydrogen-bond donors (Lipinski definition) is 2. The average molecular weight is 215 g/mol. The first kappa shape index (κ1) is 10.8. The zero-order valence-electron chi connectivity index (χ0n) is 8.06. The number of nitrogens with zero attached hydrogens (tertiary/aromatic N) is 1. The molecular formula is C8H13N3O2S.